The number of halogens is 3. The second kappa shape index (κ2) is 6.51. The molecule has 2 atom stereocenters. The number of rotatable bonds is 5. The first-order chi connectivity index (χ1) is 8.49. The van der Waals surface area contributed by atoms with E-state index in [1.165, 1.54) is 0 Å². The highest BCUT2D eigenvalue weighted by Crippen LogP contribution is 2.28. The molecule has 2 N–H and O–H groups in total. The quantitative estimate of drug-likeness (QED) is 0.375. The maximum absolute atomic E-state index is 13.5. The Balaban J connectivity index is 2.86. The van der Waals surface area contributed by atoms with Gasteiger partial charge in [-0.25, -0.2) is 8.78 Å². The van der Waals surface area contributed by atoms with Crippen LogP contribution in [0.15, 0.2) is 17.2 Å². The second-order valence-corrected chi connectivity index (χ2v) is 3.90. The van der Waals surface area contributed by atoms with Crippen molar-refractivity contribution in [1.82, 2.24) is 0 Å². The molecule has 2 unspecified atom stereocenters. The average molecular weight is 278 g/mol. The summed E-state index contributed by atoms with van der Waals surface area (Å²) in [4.78, 5) is 2.47. The minimum atomic E-state index is -1.57. The highest BCUT2D eigenvalue weighted by Gasteiger charge is 2.23. The van der Waals surface area contributed by atoms with Gasteiger partial charge in [-0.3, -0.25) is 0 Å². The zero-order valence-corrected chi connectivity index (χ0v) is 9.85. The minimum absolute atomic E-state index is 0.0503. The summed E-state index contributed by atoms with van der Waals surface area (Å²) in [6.07, 6.45) is -2.97. The van der Waals surface area contributed by atoms with Gasteiger partial charge in [0.25, 0.3) is 0 Å². The summed E-state index contributed by atoms with van der Waals surface area (Å²) >= 11 is 5.35. The van der Waals surface area contributed by atoms with Crippen LogP contribution >= 0.6 is 11.6 Å². The van der Waals surface area contributed by atoms with Crippen molar-refractivity contribution in [2.45, 2.75) is 18.6 Å². The minimum Gasteiger partial charge on any atom is -0.390 e. The van der Waals surface area contributed by atoms with Crippen molar-refractivity contribution in [3.8, 4) is 0 Å². The first kappa shape index (κ1) is 14.7. The molecular weight excluding hydrogens is 268 g/mol. The van der Waals surface area contributed by atoms with Crippen LogP contribution in [0.2, 0.25) is 5.02 Å². The second-order valence-electron chi connectivity index (χ2n) is 3.52. The maximum atomic E-state index is 13.5. The zero-order valence-electron chi connectivity index (χ0n) is 9.09. The highest BCUT2D eigenvalue weighted by molar-refractivity contribution is 6.30. The van der Waals surface area contributed by atoms with Gasteiger partial charge in [-0.05, 0) is 18.0 Å². The van der Waals surface area contributed by atoms with E-state index in [1.807, 2.05) is 0 Å². The zero-order chi connectivity index (χ0) is 13.7. The lowest BCUT2D eigenvalue weighted by Gasteiger charge is -2.18. The molecule has 0 radical (unpaired) electrons. The smallest absolute Gasteiger partial charge is 0.150 e. The standard InChI is InChI=1S/C10H10ClF2N3O2/c11-8-6(12)2-1-5(9(8)13)10(18)7(17)3-4-15-16-14/h1-2,7,10,17-18H,3-4H2. The topological polar surface area (TPSA) is 89.2 Å². The summed E-state index contributed by atoms with van der Waals surface area (Å²) in [7, 11) is 0. The fourth-order valence-electron chi connectivity index (χ4n) is 1.37. The van der Waals surface area contributed by atoms with Gasteiger partial charge >= 0.3 is 0 Å². The third-order valence-corrected chi connectivity index (χ3v) is 2.68. The van der Waals surface area contributed by atoms with Crippen LogP contribution in [0.4, 0.5) is 8.78 Å². The Morgan fingerprint density at radius 1 is 1.39 bits per heavy atom. The van der Waals surface area contributed by atoms with Crippen LogP contribution in [0.25, 0.3) is 10.4 Å². The Morgan fingerprint density at radius 3 is 2.67 bits per heavy atom. The predicted molar refractivity (Wildman–Crippen MR) is 61.0 cm³/mol. The average Bonchev–Trinajstić information content (AvgIpc) is 2.35. The van der Waals surface area contributed by atoms with Crippen molar-refractivity contribution in [3.05, 3.63) is 44.8 Å². The Hall–Kier alpha value is -1.40. The van der Waals surface area contributed by atoms with Crippen LogP contribution in [0.1, 0.15) is 18.1 Å². The normalized spacial score (nSPS) is 13.8. The Labute approximate surface area is 106 Å². The molecule has 0 saturated carbocycles. The van der Waals surface area contributed by atoms with Gasteiger partial charge in [0, 0.05) is 17.0 Å². The maximum Gasteiger partial charge on any atom is 0.150 e. The molecule has 0 aliphatic rings. The van der Waals surface area contributed by atoms with Crippen LogP contribution in [-0.2, 0) is 0 Å². The van der Waals surface area contributed by atoms with E-state index >= 15 is 0 Å². The molecule has 1 rings (SSSR count). The van der Waals surface area contributed by atoms with Crippen LogP contribution in [0.3, 0.4) is 0 Å². The first-order valence-electron chi connectivity index (χ1n) is 4.99. The Kier molecular flexibility index (Phi) is 5.30. The van der Waals surface area contributed by atoms with E-state index in [-0.39, 0.29) is 18.5 Å². The number of benzene rings is 1. The molecule has 0 bridgehead atoms. The monoisotopic (exact) mass is 277 g/mol. The molecule has 0 saturated heterocycles. The highest BCUT2D eigenvalue weighted by atomic mass is 35.5. The molecule has 98 valence electrons. The Bertz CT molecular complexity index is 480. The largest absolute Gasteiger partial charge is 0.390 e. The van der Waals surface area contributed by atoms with Crippen LogP contribution in [0, 0.1) is 11.6 Å². The molecule has 0 aliphatic heterocycles. The van der Waals surface area contributed by atoms with E-state index in [4.69, 9.17) is 17.1 Å². The van der Waals surface area contributed by atoms with Crippen molar-refractivity contribution in [2.75, 3.05) is 6.54 Å². The van der Waals surface area contributed by atoms with Gasteiger partial charge in [0.15, 0.2) is 5.82 Å². The predicted octanol–water partition coefficient (Wildman–Crippen LogP) is 2.71. The van der Waals surface area contributed by atoms with Gasteiger partial charge < -0.3 is 10.2 Å². The molecule has 5 nitrogen and oxygen atoms in total. The summed E-state index contributed by atoms with van der Waals surface area (Å²) in [5.74, 6) is -2.07. The number of nitrogens with zero attached hydrogens (tertiary/aromatic N) is 3. The molecular formula is C10H10ClF2N3O2. The molecule has 0 amide bonds. The fourth-order valence-corrected chi connectivity index (χ4v) is 1.54. The molecule has 0 aromatic heterocycles. The molecule has 8 heteroatoms. The summed E-state index contributed by atoms with van der Waals surface area (Å²) in [6.45, 7) is -0.0503. The fraction of sp³-hybridized carbons (Fsp3) is 0.400. The van der Waals surface area contributed by atoms with Crippen molar-refractivity contribution >= 4 is 11.6 Å². The molecule has 0 spiro atoms. The van der Waals surface area contributed by atoms with Gasteiger partial charge in [-0.1, -0.05) is 22.8 Å². The van der Waals surface area contributed by atoms with Crippen LogP contribution in [0.5, 0.6) is 0 Å². The Morgan fingerprint density at radius 2 is 2.06 bits per heavy atom. The van der Waals surface area contributed by atoms with Crippen molar-refractivity contribution in [2.24, 2.45) is 5.11 Å². The molecule has 18 heavy (non-hydrogen) atoms. The van der Waals surface area contributed by atoms with E-state index in [0.717, 1.165) is 12.1 Å². The summed E-state index contributed by atoms with van der Waals surface area (Å²) in [5, 5.41) is 21.7. The lowest BCUT2D eigenvalue weighted by molar-refractivity contribution is 0.0129. The van der Waals surface area contributed by atoms with E-state index in [0.29, 0.717) is 0 Å². The molecule has 0 fully saturated rings. The van der Waals surface area contributed by atoms with Gasteiger partial charge in [0.2, 0.25) is 0 Å². The SMILES string of the molecule is [N-]=[N+]=NCCC(O)C(O)c1ccc(F)c(Cl)c1F. The lowest BCUT2D eigenvalue weighted by atomic mass is 10.0. The molecule has 1 aromatic carbocycles. The molecule has 1 aromatic rings. The third-order valence-electron chi connectivity index (χ3n) is 2.34. The van der Waals surface area contributed by atoms with E-state index in [1.54, 1.807) is 0 Å². The van der Waals surface area contributed by atoms with Gasteiger partial charge in [0.1, 0.15) is 16.9 Å². The first-order valence-corrected chi connectivity index (χ1v) is 5.37. The lowest BCUT2D eigenvalue weighted by Crippen LogP contribution is -2.20. The van der Waals surface area contributed by atoms with Gasteiger partial charge in [-0.15, -0.1) is 0 Å². The summed E-state index contributed by atoms with van der Waals surface area (Å²) in [6, 6.07) is 1.89. The van der Waals surface area contributed by atoms with Gasteiger partial charge in [-0.2, -0.15) is 0 Å². The number of hydrogen-bond acceptors (Lipinski definition) is 3. The molecule has 0 aliphatic carbocycles. The van der Waals surface area contributed by atoms with Gasteiger partial charge in [0.05, 0.1) is 6.10 Å². The number of aliphatic hydroxyl groups is 2. The van der Waals surface area contributed by atoms with Crippen LogP contribution in [-0.4, -0.2) is 22.9 Å². The van der Waals surface area contributed by atoms with E-state index in [2.05, 4.69) is 10.0 Å². The van der Waals surface area contributed by atoms with Crippen LogP contribution < -0.4 is 0 Å². The third kappa shape index (κ3) is 3.30. The van der Waals surface area contributed by atoms with Crippen molar-refractivity contribution < 1.29 is 19.0 Å². The summed E-state index contributed by atoms with van der Waals surface area (Å²) < 4.78 is 26.4. The molecule has 0 heterocycles. The number of aliphatic hydroxyl groups excluding tert-OH is 2. The van der Waals surface area contributed by atoms with E-state index in [9.17, 15) is 19.0 Å². The van der Waals surface area contributed by atoms with E-state index < -0.39 is 28.9 Å². The number of hydrogen-bond donors (Lipinski definition) is 2. The van der Waals surface area contributed by atoms with Crippen molar-refractivity contribution in [1.29, 1.82) is 0 Å². The number of azide groups is 1. The summed E-state index contributed by atoms with van der Waals surface area (Å²) in [5.41, 5.74) is 7.73. The van der Waals surface area contributed by atoms with Crippen molar-refractivity contribution in [3.63, 3.8) is 0 Å².